The Balaban J connectivity index is 1.72. The van der Waals surface area contributed by atoms with Gasteiger partial charge in [0.2, 0.25) is 0 Å². The smallest absolute Gasteiger partial charge is 0.0251 e. The Kier molecular flexibility index (Phi) is 5.19. The van der Waals surface area contributed by atoms with Gasteiger partial charge in [-0.05, 0) is 59.5 Å². The van der Waals surface area contributed by atoms with E-state index in [0.717, 1.165) is 12.8 Å². The van der Waals surface area contributed by atoms with E-state index in [1.807, 2.05) is 11.3 Å². The molecule has 0 aromatic carbocycles. The predicted molar refractivity (Wildman–Crippen MR) is 76.4 cm³/mol. The van der Waals surface area contributed by atoms with Crippen LogP contribution in [0.3, 0.4) is 0 Å². The van der Waals surface area contributed by atoms with E-state index in [4.69, 9.17) is 5.84 Å². The van der Waals surface area contributed by atoms with Gasteiger partial charge in [0.15, 0.2) is 0 Å². The molecule has 2 aromatic heterocycles. The summed E-state index contributed by atoms with van der Waals surface area (Å²) in [5, 5.41) is 6.46. The van der Waals surface area contributed by atoms with Crippen LogP contribution in [0.25, 0.3) is 0 Å². The summed E-state index contributed by atoms with van der Waals surface area (Å²) in [5.41, 5.74) is 4.31. The molecule has 0 saturated heterocycles. The number of hydrogen-bond acceptors (Lipinski definition) is 4. The van der Waals surface area contributed by atoms with Crippen molar-refractivity contribution in [2.24, 2.45) is 5.84 Å². The molecule has 0 amide bonds. The molecule has 0 spiro atoms. The number of hydrazine groups is 1. The molecule has 1 unspecified atom stereocenters. The van der Waals surface area contributed by atoms with Crippen LogP contribution in [0.15, 0.2) is 34.3 Å². The Morgan fingerprint density at radius 1 is 1.29 bits per heavy atom. The molecule has 1 atom stereocenters. The lowest BCUT2D eigenvalue weighted by Crippen LogP contribution is -2.36. The molecule has 2 rings (SSSR count). The van der Waals surface area contributed by atoms with Crippen LogP contribution < -0.4 is 11.3 Å². The third-order valence-corrected chi connectivity index (χ3v) is 4.52. The zero-order chi connectivity index (χ0) is 11.9. The first kappa shape index (κ1) is 12.8. The van der Waals surface area contributed by atoms with Crippen molar-refractivity contribution in [1.82, 2.24) is 5.43 Å². The third kappa shape index (κ3) is 4.24. The topological polar surface area (TPSA) is 38.0 Å². The minimum absolute atomic E-state index is 0.393. The van der Waals surface area contributed by atoms with Crippen molar-refractivity contribution in [1.29, 1.82) is 0 Å². The molecular weight excluding hydrogens is 248 g/mol. The van der Waals surface area contributed by atoms with E-state index in [1.54, 1.807) is 11.3 Å². The van der Waals surface area contributed by atoms with Crippen LogP contribution >= 0.6 is 22.7 Å². The molecule has 2 aromatic rings. The van der Waals surface area contributed by atoms with Gasteiger partial charge in [0.25, 0.3) is 0 Å². The van der Waals surface area contributed by atoms with Gasteiger partial charge in [-0.3, -0.25) is 11.3 Å². The number of nitrogens with two attached hydrogens (primary N) is 1. The van der Waals surface area contributed by atoms with Gasteiger partial charge < -0.3 is 0 Å². The van der Waals surface area contributed by atoms with Gasteiger partial charge in [0.1, 0.15) is 0 Å². The molecule has 0 bridgehead atoms. The maximum Gasteiger partial charge on any atom is 0.0251 e. The SMILES string of the molecule is NNC(CCCc1cccs1)Cc1ccsc1. The summed E-state index contributed by atoms with van der Waals surface area (Å²) in [6.45, 7) is 0. The lowest BCUT2D eigenvalue weighted by molar-refractivity contribution is 0.477. The van der Waals surface area contributed by atoms with Crippen molar-refractivity contribution in [2.45, 2.75) is 31.7 Å². The Morgan fingerprint density at radius 2 is 2.24 bits per heavy atom. The number of thiophene rings is 2. The van der Waals surface area contributed by atoms with Gasteiger partial charge >= 0.3 is 0 Å². The summed E-state index contributed by atoms with van der Waals surface area (Å²) >= 11 is 3.58. The number of hydrogen-bond donors (Lipinski definition) is 2. The number of rotatable bonds is 7. The molecule has 0 saturated carbocycles. The van der Waals surface area contributed by atoms with Crippen LogP contribution in [0, 0.1) is 0 Å². The second-order valence-electron chi connectivity index (χ2n) is 4.17. The fraction of sp³-hybridized carbons (Fsp3) is 0.385. The maximum atomic E-state index is 5.60. The van der Waals surface area contributed by atoms with E-state index < -0.39 is 0 Å². The quantitative estimate of drug-likeness (QED) is 0.596. The molecule has 0 radical (unpaired) electrons. The monoisotopic (exact) mass is 266 g/mol. The fourth-order valence-electron chi connectivity index (χ4n) is 1.92. The van der Waals surface area contributed by atoms with Crippen molar-refractivity contribution in [3.63, 3.8) is 0 Å². The van der Waals surface area contributed by atoms with Crippen molar-refractivity contribution in [3.05, 3.63) is 44.8 Å². The highest BCUT2D eigenvalue weighted by atomic mass is 32.1. The standard InChI is InChI=1S/C13H18N2S2/c14-15-12(9-11-6-8-16-10-11)3-1-4-13-5-2-7-17-13/h2,5-8,10,12,15H,1,3-4,9,14H2. The van der Waals surface area contributed by atoms with Crippen molar-refractivity contribution >= 4 is 22.7 Å². The van der Waals surface area contributed by atoms with E-state index in [9.17, 15) is 0 Å². The van der Waals surface area contributed by atoms with Crippen LogP contribution in [0.5, 0.6) is 0 Å². The molecule has 0 aliphatic carbocycles. The third-order valence-electron chi connectivity index (χ3n) is 2.85. The normalized spacial score (nSPS) is 12.8. The molecule has 0 fully saturated rings. The van der Waals surface area contributed by atoms with Gasteiger partial charge in [-0.2, -0.15) is 11.3 Å². The summed E-state index contributed by atoms with van der Waals surface area (Å²) in [4.78, 5) is 1.47. The Hall–Kier alpha value is -0.680. The summed E-state index contributed by atoms with van der Waals surface area (Å²) in [6, 6.07) is 6.89. The summed E-state index contributed by atoms with van der Waals surface area (Å²) in [5.74, 6) is 5.60. The predicted octanol–water partition coefficient (Wildman–Crippen LogP) is 3.21. The minimum atomic E-state index is 0.393. The number of aryl methyl sites for hydroxylation is 1. The molecule has 0 aliphatic heterocycles. The molecule has 3 N–H and O–H groups in total. The molecule has 92 valence electrons. The van der Waals surface area contributed by atoms with Crippen molar-refractivity contribution in [3.8, 4) is 0 Å². The second-order valence-corrected chi connectivity index (χ2v) is 5.98. The molecule has 2 nitrogen and oxygen atoms in total. The van der Waals surface area contributed by atoms with Gasteiger partial charge in [0.05, 0.1) is 0 Å². The average molecular weight is 266 g/mol. The van der Waals surface area contributed by atoms with Gasteiger partial charge in [-0.15, -0.1) is 11.3 Å². The minimum Gasteiger partial charge on any atom is -0.271 e. The van der Waals surface area contributed by atoms with E-state index in [1.165, 1.54) is 23.3 Å². The molecule has 17 heavy (non-hydrogen) atoms. The van der Waals surface area contributed by atoms with Crippen molar-refractivity contribution in [2.75, 3.05) is 0 Å². The van der Waals surface area contributed by atoms with Crippen LogP contribution in [0.4, 0.5) is 0 Å². The van der Waals surface area contributed by atoms with Gasteiger partial charge in [-0.25, -0.2) is 0 Å². The zero-order valence-corrected chi connectivity index (χ0v) is 11.4. The van der Waals surface area contributed by atoms with E-state index in [0.29, 0.717) is 6.04 Å². The highest BCUT2D eigenvalue weighted by molar-refractivity contribution is 7.09. The van der Waals surface area contributed by atoms with Crippen LogP contribution in [0.2, 0.25) is 0 Å². The van der Waals surface area contributed by atoms with Gasteiger partial charge in [0, 0.05) is 10.9 Å². The highest BCUT2D eigenvalue weighted by Crippen LogP contribution is 2.15. The van der Waals surface area contributed by atoms with E-state index in [-0.39, 0.29) is 0 Å². The van der Waals surface area contributed by atoms with Crippen LogP contribution in [-0.2, 0) is 12.8 Å². The first-order valence-corrected chi connectivity index (χ1v) is 7.70. The number of nitrogens with one attached hydrogen (secondary N) is 1. The summed E-state index contributed by atoms with van der Waals surface area (Å²) in [6.07, 6.45) is 4.52. The maximum absolute atomic E-state index is 5.60. The van der Waals surface area contributed by atoms with E-state index >= 15 is 0 Å². The molecule has 4 heteroatoms. The Bertz CT molecular complexity index is 395. The summed E-state index contributed by atoms with van der Waals surface area (Å²) in [7, 11) is 0. The lowest BCUT2D eigenvalue weighted by Gasteiger charge is -2.14. The zero-order valence-electron chi connectivity index (χ0n) is 9.76. The summed E-state index contributed by atoms with van der Waals surface area (Å²) < 4.78 is 0. The highest BCUT2D eigenvalue weighted by Gasteiger charge is 2.08. The van der Waals surface area contributed by atoms with Crippen molar-refractivity contribution < 1.29 is 0 Å². The first-order valence-electron chi connectivity index (χ1n) is 5.88. The molecule has 2 heterocycles. The fourth-order valence-corrected chi connectivity index (χ4v) is 3.35. The molecular formula is C13H18N2S2. The second kappa shape index (κ2) is 6.91. The average Bonchev–Trinajstić information content (AvgIpc) is 3.00. The lowest BCUT2D eigenvalue weighted by atomic mass is 10.0. The van der Waals surface area contributed by atoms with Crippen LogP contribution in [-0.4, -0.2) is 6.04 Å². The molecule has 0 aliphatic rings. The Morgan fingerprint density at radius 3 is 2.88 bits per heavy atom. The largest absolute Gasteiger partial charge is 0.271 e. The first-order chi connectivity index (χ1) is 8.38. The Labute approximate surface area is 110 Å². The van der Waals surface area contributed by atoms with E-state index in [2.05, 4.69) is 39.8 Å². The van der Waals surface area contributed by atoms with Crippen LogP contribution in [0.1, 0.15) is 23.3 Å². The van der Waals surface area contributed by atoms with Gasteiger partial charge in [-0.1, -0.05) is 6.07 Å².